The molecule has 0 spiro atoms. The zero-order valence-corrected chi connectivity index (χ0v) is 21.0. The van der Waals surface area contributed by atoms with E-state index in [1.807, 2.05) is 0 Å². The molecule has 0 aromatic heterocycles. The number of carbonyl (C=O) groups is 1. The number of fused-ring (bicyclic) bond motifs is 3. The Morgan fingerprint density at radius 1 is 1.14 bits per heavy atom. The van der Waals surface area contributed by atoms with Crippen molar-refractivity contribution in [2.45, 2.75) is 69.0 Å². The fourth-order valence-electron chi connectivity index (χ4n) is 8.45. The zero-order valence-electron chi connectivity index (χ0n) is 20.2. The molecule has 5 aliphatic carbocycles. The molecule has 2 atom stereocenters. The molecule has 8 heteroatoms. The summed E-state index contributed by atoms with van der Waals surface area (Å²) < 4.78 is 36.9. The maximum Gasteiger partial charge on any atom is 0.415 e. The number of rotatable bonds is 8. The van der Waals surface area contributed by atoms with E-state index < -0.39 is 23.3 Å². The van der Waals surface area contributed by atoms with Crippen molar-refractivity contribution in [1.82, 2.24) is 0 Å². The molecule has 0 aliphatic heterocycles. The monoisotopic (exact) mass is 515 g/mol. The molecule has 0 amide bonds. The summed E-state index contributed by atoms with van der Waals surface area (Å²) in [6.07, 6.45) is 7.91. The van der Waals surface area contributed by atoms with Gasteiger partial charge in [0.1, 0.15) is 12.0 Å². The third kappa shape index (κ3) is 3.88. The SMILES string of the molecule is CCc1ccc(C23CC4CC(CC(COC(=O)C(F)(F)SOO[O-])(C4)C2)C3)c2c1-c1ccccc1C2. The quantitative estimate of drug-likeness (QED) is 0.167. The number of alkyl halides is 2. The van der Waals surface area contributed by atoms with Gasteiger partial charge in [0.25, 0.3) is 0 Å². The molecule has 0 N–H and O–H groups in total. The minimum Gasteiger partial charge on any atom is -0.691 e. The molecule has 2 aromatic rings. The van der Waals surface area contributed by atoms with Crippen LogP contribution in [0, 0.1) is 17.3 Å². The summed E-state index contributed by atoms with van der Waals surface area (Å²) in [7, 11) is 0. The smallest absolute Gasteiger partial charge is 0.415 e. The van der Waals surface area contributed by atoms with Gasteiger partial charge < -0.3 is 9.99 Å². The minimum atomic E-state index is -4.01. The molecule has 7 rings (SSSR count). The maximum absolute atomic E-state index is 14.0. The lowest BCUT2D eigenvalue weighted by Gasteiger charge is -2.62. The Morgan fingerprint density at radius 2 is 1.89 bits per heavy atom. The average Bonchev–Trinajstić information content (AvgIpc) is 3.24. The highest BCUT2D eigenvalue weighted by Crippen LogP contribution is 2.67. The van der Waals surface area contributed by atoms with Crippen molar-refractivity contribution in [3.8, 4) is 11.1 Å². The van der Waals surface area contributed by atoms with Gasteiger partial charge >= 0.3 is 11.2 Å². The topological polar surface area (TPSA) is 67.8 Å². The van der Waals surface area contributed by atoms with Crippen LogP contribution in [-0.2, 0) is 37.2 Å². The van der Waals surface area contributed by atoms with Gasteiger partial charge in [0.05, 0.1) is 6.61 Å². The molecular weight excluding hydrogens is 486 g/mol. The molecule has 5 aliphatic rings. The van der Waals surface area contributed by atoms with E-state index >= 15 is 0 Å². The summed E-state index contributed by atoms with van der Waals surface area (Å²) in [5.41, 5.74) is 7.98. The normalized spacial score (nSPS) is 29.8. The predicted molar refractivity (Wildman–Crippen MR) is 129 cm³/mol. The molecule has 5 nitrogen and oxygen atoms in total. The predicted octanol–water partition coefficient (Wildman–Crippen LogP) is 5.67. The maximum atomic E-state index is 14.0. The molecule has 2 aromatic carbocycles. The van der Waals surface area contributed by atoms with Gasteiger partial charge in [0.2, 0.25) is 0 Å². The summed E-state index contributed by atoms with van der Waals surface area (Å²) in [6.45, 7) is 2.16. The third-order valence-electron chi connectivity index (χ3n) is 9.10. The Bertz CT molecular complexity index is 1180. The first-order chi connectivity index (χ1) is 17.3. The second kappa shape index (κ2) is 8.79. The Labute approximate surface area is 213 Å². The number of esters is 1. The van der Waals surface area contributed by atoms with E-state index in [0.717, 1.165) is 51.4 Å². The van der Waals surface area contributed by atoms with Crippen LogP contribution >= 0.6 is 12.0 Å². The molecule has 0 saturated heterocycles. The van der Waals surface area contributed by atoms with Crippen LogP contribution in [0.2, 0.25) is 0 Å². The Hall–Kier alpha value is -2.00. The van der Waals surface area contributed by atoms with Crippen LogP contribution in [0.1, 0.15) is 67.7 Å². The molecule has 4 saturated carbocycles. The van der Waals surface area contributed by atoms with Crippen LogP contribution in [0.4, 0.5) is 8.78 Å². The summed E-state index contributed by atoms with van der Waals surface area (Å²) in [6, 6.07) is 13.3. The number of hydrogen-bond acceptors (Lipinski definition) is 6. The Kier molecular flexibility index (Phi) is 5.94. The highest BCUT2D eigenvalue weighted by Gasteiger charge is 2.59. The fourth-order valence-corrected chi connectivity index (χ4v) is 8.69. The number of hydrogen-bond donors (Lipinski definition) is 0. The van der Waals surface area contributed by atoms with E-state index in [0.29, 0.717) is 11.8 Å². The van der Waals surface area contributed by atoms with Crippen LogP contribution in [0.5, 0.6) is 0 Å². The van der Waals surface area contributed by atoms with Crippen LogP contribution in [0.3, 0.4) is 0 Å². The molecule has 0 radical (unpaired) electrons. The van der Waals surface area contributed by atoms with Crippen LogP contribution in [0.15, 0.2) is 36.4 Å². The van der Waals surface area contributed by atoms with Crippen LogP contribution in [0.25, 0.3) is 11.1 Å². The van der Waals surface area contributed by atoms with Gasteiger partial charge in [-0.1, -0.05) is 43.3 Å². The highest BCUT2D eigenvalue weighted by atomic mass is 32.2. The lowest BCUT2D eigenvalue weighted by Crippen LogP contribution is -2.56. The van der Waals surface area contributed by atoms with Crippen molar-refractivity contribution >= 4 is 18.0 Å². The van der Waals surface area contributed by atoms with Crippen molar-refractivity contribution in [3.63, 3.8) is 0 Å². The zero-order chi connectivity index (χ0) is 25.1. The molecule has 0 heterocycles. The molecule has 4 bridgehead atoms. The third-order valence-corrected chi connectivity index (χ3v) is 9.60. The fraction of sp³-hybridized carbons (Fsp3) is 0.536. The van der Waals surface area contributed by atoms with E-state index in [9.17, 15) is 18.8 Å². The Morgan fingerprint density at radius 3 is 2.61 bits per heavy atom. The van der Waals surface area contributed by atoms with Crippen LogP contribution < -0.4 is 5.26 Å². The molecule has 4 fully saturated rings. The van der Waals surface area contributed by atoms with Gasteiger partial charge in [-0.2, -0.15) is 13.1 Å². The molecular formula is C28H29F2O5S-. The first kappa shape index (κ1) is 24.3. The van der Waals surface area contributed by atoms with E-state index in [1.54, 1.807) is 0 Å². The summed E-state index contributed by atoms with van der Waals surface area (Å²) in [5, 5.41) is 8.88. The standard InChI is InChI=1S/C28H30F2O5S/c1-2-19-7-8-23(22-10-20-5-3-4-6-21(20)24(19)22)27-13-17-9-18(14-27)12-26(11-17,15-27)16-33-25(31)28(29,30)36-35-34-32/h3-8,17-18,32H,2,9-16H2,1H3/p-1. The van der Waals surface area contributed by atoms with Gasteiger partial charge in [-0.05, 0) is 102 Å². The lowest BCUT2D eigenvalue weighted by molar-refractivity contribution is -0.777. The first-order valence-electron chi connectivity index (χ1n) is 12.7. The van der Waals surface area contributed by atoms with Crippen molar-refractivity contribution in [2.24, 2.45) is 17.3 Å². The van der Waals surface area contributed by atoms with Crippen molar-refractivity contribution in [3.05, 3.63) is 58.7 Å². The number of aryl methyl sites for hydroxylation is 1. The molecule has 36 heavy (non-hydrogen) atoms. The van der Waals surface area contributed by atoms with Gasteiger partial charge in [-0.25, -0.2) is 4.79 Å². The van der Waals surface area contributed by atoms with Gasteiger partial charge in [-0.3, -0.25) is 5.04 Å². The van der Waals surface area contributed by atoms with Gasteiger partial charge in [0.15, 0.2) is 0 Å². The number of ether oxygens (including phenoxy) is 1. The molecule has 192 valence electrons. The highest BCUT2D eigenvalue weighted by molar-refractivity contribution is 7.96. The van der Waals surface area contributed by atoms with Crippen molar-refractivity contribution in [1.29, 1.82) is 0 Å². The summed E-state index contributed by atoms with van der Waals surface area (Å²) >= 11 is -0.632. The van der Waals surface area contributed by atoms with E-state index in [-0.39, 0.29) is 17.4 Å². The second-order valence-electron chi connectivity index (χ2n) is 11.4. The van der Waals surface area contributed by atoms with Crippen molar-refractivity contribution in [2.75, 3.05) is 6.61 Å². The van der Waals surface area contributed by atoms with Crippen LogP contribution in [-0.4, -0.2) is 17.8 Å². The van der Waals surface area contributed by atoms with Crippen molar-refractivity contribution < 1.29 is 32.9 Å². The number of benzene rings is 2. The Balaban J connectivity index is 1.32. The largest absolute Gasteiger partial charge is 0.691 e. The van der Waals surface area contributed by atoms with E-state index in [4.69, 9.17) is 4.74 Å². The lowest BCUT2D eigenvalue weighted by atomic mass is 9.42. The molecule has 2 unspecified atom stereocenters. The average molecular weight is 516 g/mol. The van der Waals surface area contributed by atoms with E-state index in [2.05, 4.69) is 52.7 Å². The second-order valence-corrected chi connectivity index (χ2v) is 12.2. The van der Waals surface area contributed by atoms with E-state index in [1.165, 1.54) is 33.4 Å². The summed E-state index contributed by atoms with van der Waals surface area (Å²) in [5.74, 6) is -0.692. The first-order valence-corrected chi connectivity index (χ1v) is 13.5. The summed E-state index contributed by atoms with van der Waals surface area (Å²) in [4.78, 5) is 12.1. The minimum absolute atomic E-state index is 0.0222. The van der Waals surface area contributed by atoms with Gasteiger partial charge in [0, 0.05) is 5.41 Å². The number of halogens is 2. The van der Waals surface area contributed by atoms with Gasteiger partial charge in [-0.15, -0.1) is 0 Å². The number of carbonyl (C=O) groups excluding carboxylic acids is 1.